The molecule has 0 amide bonds. The van der Waals surface area contributed by atoms with Crippen molar-refractivity contribution in [1.82, 2.24) is 4.90 Å². The molecule has 96 valence electrons. The van der Waals surface area contributed by atoms with E-state index in [0.29, 0.717) is 12.2 Å². The lowest BCUT2D eigenvalue weighted by Crippen LogP contribution is -2.52. The van der Waals surface area contributed by atoms with Gasteiger partial charge in [0.25, 0.3) is 0 Å². The maximum Gasteiger partial charge on any atom is 0.157 e. The predicted octanol–water partition coefficient (Wildman–Crippen LogP) is 3.37. The first-order valence-corrected chi connectivity index (χ1v) is 7.27. The Morgan fingerprint density at radius 2 is 2.00 bits per heavy atom. The topological polar surface area (TPSA) is 20.3 Å². The molecule has 1 unspecified atom stereocenters. The summed E-state index contributed by atoms with van der Waals surface area (Å²) in [5.41, 5.74) is -0.312. The molecule has 0 aliphatic rings. The van der Waals surface area contributed by atoms with Gasteiger partial charge in [-0.15, -0.1) is 11.3 Å². The van der Waals surface area contributed by atoms with Gasteiger partial charge in [-0.2, -0.15) is 0 Å². The van der Waals surface area contributed by atoms with Crippen LogP contribution in [0.25, 0.3) is 0 Å². The molecule has 0 N–H and O–H groups in total. The molecule has 0 radical (unpaired) electrons. The molecule has 0 saturated heterocycles. The Morgan fingerprint density at radius 3 is 2.41 bits per heavy atom. The maximum atomic E-state index is 12.5. The second-order valence-electron chi connectivity index (χ2n) is 4.48. The largest absolute Gasteiger partial charge is 0.297 e. The van der Waals surface area contributed by atoms with Gasteiger partial charge >= 0.3 is 0 Å². The summed E-state index contributed by atoms with van der Waals surface area (Å²) in [6, 6.07) is 4.05. The van der Waals surface area contributed by atoms with E-state index in [1.54, 1.807) is 11.3 Å². The lowest BCUT2D eigenvalue weighted by Gasteiger charge is -2.38. The standard InChI is InChI=1S/C14H23NOS/c1-5-14(4,15(6-2)7-3)13(16)11-12-9-8-10-17-12/h8-10H,5-7,11H2,1-4H3. The number of carbonyl (C=O) groups is 1. The summed E-state index contributed by atoms with van der Waals surface area (Å²) < 4.78 is 0. The van der Waals surface area contributed by atoms with E-state index in [4.69, 9.17) is 0 Å². The van der Waals surface area contributed by atoms with Crippen LogP contribution in [0.1, 0.15) is 39.0 Å². The van der Waals surface area contributed by atoms with Crippen LogP contribution in [0.15, 0.2) is 17.5 Å². The molecule has 17 heavy (non-hydrogen) atoms. The highest BCUT2D eigenvalue weighted by molar-refractivity contribution is 7.10. The van der Waals surface area contributed by atoms with Crippen molar-refractivity contribution in [3.63, 3.8) is 0 Å². The van der Waals surface area contributed by atoms with Crippen LogP contribution < -0.4 is 0 Å². The van der Waals surface area contributed by atoms with Gasteiger partial charge in [0.15, 0.2) is 5.78 Å². The van der Waals surface area contributed by atoms with E-state index < -0.39 is 0 Å². The minimum atomic E-state index is -0.312. The molecule has 0 aromatic carbocycles. The smallest absolute Gasteiger partial charge is 0.157 e. The van der Waals surface area contributed by atoms with Crippen LogP contribution in [0.5, 0.6) is 0 Å². The van der Waals surface area contributed by atoms with Crippen molar-refractivity contribution < 1.29 is 4.79 Å². The van der Waals surface area contributed by atoms with Gasteiger partial charge in [0, 0.05) is 11.3 Å². The highest BCUT2D eigenvalue weighted by atomic mass is 32.1. The van der Waals surface area contributed by atoms with Gasteiger partial charge < -0.3 is 0 Å². The van der Waals surface area contributed by atoms with Crippen molar-refractivity contribution in [2.24, 2.45) is 0 Å². The molecule has 1 rings (SSSR count). The normalized spacial score (nSPS) is 14.9. The molecule has 0 aliphatic carbocycles. The fraction of sp³-hybridized carbons (Fsp3) is 0.643. The summed E-state index contributed by atoms with van der Waals surface area (Å²) >= 11 is 1.67. The number of hydrogen-bond donors (Lipinski definition) is 0. The van der Waals surface area contributed by atoms with Crippen LogP contribution >= 0.6 is 11.3 Å². The quantitative estimate of drug-likeness (QED) is 0.742. The lowest BCUT2D eigenvalue weighted by molar-refractivity contribution is -0.129. The van der Waals surface area contributed by atoms with Crippen molar-refractivity contribution in [2.75, 3.05) is 13.1 Å². The summed E-state index contributed by atoms with van der Waals surface area (Å²) in [6.45, 7) is 10.3. The molecule has 0 bridgehead atoms. The van der Waals surface area contributed by atoms with Crippen molar-refractivity contribution in [3.05, 3.63) is 22.4 Å². The number of nitrogens with zero attached hydrogens (tertiary/aromatic N) is 1. The Morgan fingerprint density at radius 1 is 1.35 bits per heavy atom. The fourth-order valence-electron chi connectivity index (χ4n) is 2.28. The van der Waals surface area contributed by atoms with Crippen LogP contribution in [0, 0.1) is 0 Å². The predicted molar refractivity (Wildman–Crippen MR) is 74.6 cm³/mol. The summed E-state index contributed by atoms with van der Waals surface area (Å²) in [5.74, 6) is 0.339. The van der Waals surface area contributed by atoms with E-state index in [2.05, 4.69) is 32.6 Å². The van der Waals surface area contributed by atoms with E-state index in [1.165, 1.54) is 4.88 Å². The van der Waals surface area contributed by atoms with Gasteiger partial charge in [-0.1, -0.05) is 26.8 Å². The summed E-state index contributed by atoms with van der Waals surface area (Å²) in [7, 11) is 0. The molecule has 1 atom stereocenters. The van der Waals surface area contributed by atoms with Crippen LogP contribution in [-0.2, 0) is 11.2 Å². The Balaban J connectivity index is 2.81. The zero-order valence-electron chi connectivity index (χ0n) is 11.3. The van der Waals surface area contributed by atoms with Crippen molar-refractivity contribution in [1.29, 1.82) is 0 Å². The molecule has 3 heteroatoms. The van der Waals surface area contributed by atoms with Gasteiger partial charge in [-0.05, 0) is 37.9 Å². The zero-order chi connectivity index (χ0) is 12.9. The highest BCUT2D eigenvalue weighted by Crippen LogP contribution is 2.23. The number of rotatable bonds is 7. The van der Waals surface area contributed by atoms with Gasteiger partial charge in [-0.3, -0.25) is 9.69 Å². The third-order valence-corrected chi connectivity index (χ3v) is 4.54. The van der Waals surface area contributed by atoms with E-state index >= 15 is 0 Å². The molecule has 0 saturated carbocycles. The van der Waals surface area contributed by atoms with E-state index in [0.717, 1.165) is 19.5 Å². The number of likely N-dealkylation sites (N-methyl/N-ethyl adjacent to an activating group) is 1. The van der Waals surface area contributed by atoms with Gasteiger partial charge in [0.2, 0.25) is 0 Å². The number of carbonyl (C=O) groups excluding carboxylic acids is 1. The Bertz CT molecular complexity index is 343. The first-order chi connectivity index (χ1) is 8.08. The van der Waals surface area contributed by atoms with Gasteiger partial charge in [0.05, 0.1) is 5.54 Å². The zero-order valence-corrected chi connectivity index (χ0v) is 12.1. The molecule has 0 aliphatic heterocycles. The number of hydrogen-bond acceptors (Lipinski definition) is 3. The summed E-state index contributed by atoms with van der Waals surface area (Å²) in [6.07, 6.45) is 1.44. The van der Waals surface area contributed by atoms with Crippen LogP contribution in [0.4, 0.5) is 0 Å². The van der Waals surface area contributed by atoms with Gasteiger partial charge in [0.1, 0.15) is 0 Å². The first kappa shape index (κ1) is 14.4. The maximum absolute atomic E-state index is 12.5. The minimum absolute atomic E-state index is 0.312. The second kappa shape index (κ2) is 6.31. The average molecular weight is 253 g/mol. The van der Waals surface area contributed by atoms with Crippen LogP contribution in [-0.4, -0.2) is 29.3 Å². The van der Waals surface area contributed by atoms with Crippen molar-refractivity contribution >= 4 is 17.1 Å². The average Bonchev–Trinajstić information content (AvgIpc) is 2.82. The number of ketones is 1. The molecule has 0 spiro atoms. The molecular formula is C14H23NOS. The molecule has 2 nitrogen and oxygen atoms in total. The molecular weight excluding hydrogens is 230 g/mol. The van der Waals surface area contributed by atoms with E-state index in [9.17, 15) is 4.79 Å². The third-order valence-electron chi connectivity index (χ3n) is 3.67. The SMILES string of the molecule is CCN(CC)C(C)(CC)C(=O)Cc1cccs1. The van der Waals surface area contributed by atoms with Crippen molar-refractivity contribution in [3.8, 4) is 0 Å². The van der Waals surface area contributed by atoms with Crippen LogP contribution in [0.3, 0.4) is 0 Å². The lowest BCUT2D eigenvalue weighted by atomic mass is 9.88. The second-order valence-corrected chi connectivity index (χ2v) is 5.51. The highest BCUT2D eigenvalue weighted by Gasteiger charge is 2.35. The summed E-state index contributed by atoms with van der Waals surface area (Å²) in [5, 5.41) is 2.03. The molecule has 1 aromatic heterocycles. The van der Waals surface area contributed by atoms with E-state index in [-0.39, 0.29) is 5.54 Å². The third kappa shape index (κ3) is 3.17. The molecule has 0 fully saturated rings. The van der Waals surface area contributed by atoms with Crippen molar-refractivity contribution in [2.45, 2.75) is 46.1 Å². The summed E-state index contributed by atoms with van der Waals surface area (Å²) in [4.78, 5) is 15.9. The molecule has 1 aromatic rings. The number of thiophene rings is 1. The van der Waals surface area contributed by atoms with Crippen LogP contribution in [0.2, 0.25) is 0 Å². The monoisotopic (exact) mass is 253 g/mol. The number of Topliss-reactive ketones (excluding diaryl/α,β-unsaturated/α-hetero) is 1. The fourth-order valence-corrected chi connectivity index (χ4v) is 2.98. The Kier molecular flexibility index (Phi) is 5.34. The Labute approximate surface area is 109 Å². The first-order valence-electron chi connectivity index (χ1n) is 6.39. The van der Waals surface area contributed by atoms with Gasteiger partial charge in [-0.25, -0.2) is 0 Å². The minimum Gasteiger partial charge on any atom is -0.297 e. The Hall–Kier alpha value is -0.670. The van der Waals surface area contributed by atoms with E-state index in [1.807, 2.05) is 17.5 Å². The molecule has 1 heterocycles.